The normalized spacial score (nSPS) is 12.7. The number of hydrogen-bond acceptors (Lipinski definition) is 4. The lowest BCUT2D eigenvalue weighted by atomic mass is 10.1. The zero-order valence-electron chi connectivity index (χ0n) is 13.8. The predicted octanol–water partition coefficient (Wildman–Crippen LogP) is 3.61. The van der Waals surface area contributed by atoms with E-state index in [9.17, 15) is 4.79 Å². The fourth-order valence-corrected chi connectivity index (χ4v) is 3.02. The molecule has 1 aliphatic rings. The van der Waals surface area contributed by atoms with E-state index in [0.29, 0.717) is 47.7 Å². The molecular formula is C19H16ClN3O3. The van der Waals surface area contributed by atoms with Crippen LogP contribution in [0.25, 0.3) is 0 Å². The molecule has 0 unspecified atom stereocenters. The molecule has 1 amide bonds. The minimum Gasteiger partial charge on any atom is -0.486 e. The summed E-state index contributed by atoms with van der Waals surface area (Å²) in [6.07, 6.45) is 1.65. The number of hydrogen-bond donors (Lipinski definition) is 1. The van der Waals surface area contributed by atoms with Gasteiger partial charge in [-0.05, 0) is 17.7 Å². The molecule has 26 heavy (non-hydrogen) atoms. The van der Waals surface area contributed by atoms with E-state index < -0.39 is 0 Å². The van der Waals surface area contributed by atoms with Crippen molar-refractivity contribution in [2.24, 2.45) is 0 Å². The highest BCUT2D eigenvalue weighted by atomic mass is 35.5. The average Bonchev–Trinajstić information content (AvgIpc) is 3.09. The molecule has 0 atom stereocenters. The summed E-state index contributed by atoms with van der Waals surface area (Å²) in [4.78, 5) is 12.6. The number of rotatable bonds is 4. The number of amides is 1. The van der Waals surface area contributed by atoms with Gasteiger partial charge < -0.3 is 14.8 Å². The Balaban J connectivity index is 1.54. The van der Waals surface area contributed by atoms with Gasteiger partial charge in [0.1, 0.15) is 19.0 Å². The maximum atomic E-state index is 12.6. The van der Waals surface area contributed by atoms with Gasteiger partial charge in [0, 0.05) is 11.6 Å². The molecule has 0 saturated carbocycles. The fraction of sp³-hybridized carbons (Fsp3) is 0.158. The zero-order valence-corrected chi connectivity index (χ0v) is 14.6. The summed E-state index contributed by atoms with van der Waals surface area (Å²) in [7, 11) is 0. The van der Waals surface area contributed by atoms with Crippen molar-refractivity contribution in [3.8, 4) is 11.5 Å². The summed E-state index contributed by atoms with van der Waals surface area (Å²) in [6, 6.07) is 14.9. The van der Waals surface area contributed by atoms with Crippen molar-refractivity contribution in [1.82, 2.24) is 9.78 Å². The molecule has 1 N–H and O–H groups in total. The molecule has 4 rings (SSSR count). The average molecular weight is 370 g/mol. The van der Waals surface area contributed by atoms with Crippen molar-refractivity contribution in [3.63, 3.8) is 0 Å². The minimum atomic E-state index is -0.293. The topological polar surface area (TPSA) is 65.4 Å². The third kappa shape index (κ3) is 3.36. The minimum absolute atomic E-state index is 0.293. The monoisotopic (exact) mass is 369 g/mol. The van der Waals surface area contributed by atoms with Crippen LogP contribution < -0.4 is 14.8 Å². The number of benzene rings is 2. The van der Waals surface area contributed by atoms with Gasteiger partial charge in [-0.25, -0.2) is 4.68 Å². The smallest absolute Gasteiger partial charge is 0.257 e. The first-order valence-corrected chi connectivity index (χ1v) is 8.55. The van der Waals surface area contributed by atoms with Crippen molar-refractivity contribution in [3.05, 3.63) is 70.9 Å². The molecule has 2 heterocycles. The third-order valence-electron chi connectivity index (χ3n) is 3.99. The van der Waals surface area contributed by atoms with Gasteiger partial charge in [0.25, 0.3) is 5.91 Å². The van der Waals surface area contributed by atoms with E-state index in [1.54, 1.807) is 29.1 Å². The van der Waals surface area contributed by atoms with Crippen LogP contribution in [0.4, 0.5) is 5.82 Å². The summed E-state index contributed by atoms with van der Waals surface area (Å²) in [5.41, 5.74) is 1.49. The Hall–Kier alpha value is -2.99. The Kier molecular flexibility index (Phi) is 4.50. The van der Waals surface area contributed by atoms with Crippen LogP contribution in [0.5, 0.6) is 11.5 Å². The standard InChI is InChI=1S/C19H16ClN3O3/c20-15-10-14(11-16-18(15)26-9-8-25-16)19(24)22-17-6-7-21-23(17)12-13-4-2-1-3-5-13/h1-7,10-11H,8-9,12H2,(H,22,24). The number of nitrogens with one attached hydrogen (secondary N) is 1. The van der Waals surface area contributed by atoms with E-state index in [1.165, 1.54) is 0 Å². The van der Waals surface area contributed by atoms with Crippen molar-refractivity contribution in [1.29, 1.82) is 0 Å². The van der Waals surface area contributed by atoms with Crippen molar-refractivity contribution in [2.45, 2.75) is 6.54 Å². The SMILES string of the molecule is O=C(Nc1ccnn1Cc1ccccc1)c1cc(Cl)c2c(c1)OCCO2. The maximum Gasteiger partial charge on any atom is 0.257 e. The molecule has 1 aliphatic heterocycles. The van der Waals surface area contributed by atoms with Crippen molar-refractivity contribution < 1.29 is 14.3 Å². The highest BCUT2D eigenvalue weighted by molar-refractivity contribution is 6.32. The number of carbonyl (C=O) groups excluding carboxylic acids is 1. The number of anilines is 1. The molecule has 0 radical (unpaired) electrons. The van der Waals surface area contributed by atoms with Gasteiger partial charge in [0.15, 0.2) is 11.5 Å². The number of halogens is 1. The van der Waals surface area contributed by atoms with Crippen LogP contribution in [0.1, 0.15) is 15.9 Å². The molecule has 2 aromatic carbocycles. The highest BCUT2D eigenvalue weighted by Gasteiger charge is 2.20. The second-order valence-corrected chi connectivity index (χ2v) is 6.20. The first kappa shape index (κ1) is 16.5. The summed E-state index contributed by atoms with van der Waals surface area (Å²) in [6.45, 7) is 1.43. The van der Waals surface area contributed by atoms with Crippen LogP contribution >= 0.6 is 11.6 Å². The number of fused-ring (bicyclic) bond motifs is 1. The van der Waals surface area contributed by atoms with Crippen molar-refractivity contribution >= 4 is 23.3 Å². The maximum absolute atomic E-state index is 12.6. The van der Waals surface area contributed by atoms with E-state index in [-0.39, 0.29) is 5.91 Å². The lowest BCUT2D eigenvalue weighted by Crippen LogP contribution is -2.19. The lowest BCUT2D eigenvalue weighted by Gasteiger charge is -2.20. The molecule has 3 aromatic rings. The van der Waals surface area contributed by atoms with Gasteiger partial charge in [0.05, 0.1) is 17.8 Å². The van der Waals surface area contributed by atoms with E-state index >= 15 is 0 Å². The highest BCUT2D eigenvalue weighted by Crippen LogP contribution is 2.38. The van der Waals surface area contributed by atoms with Gasteiger partial charge >= 0.3 is 0 Å². The first-order chi connectivity index (χ1) is 12.7. The van der Waals surface area contributed by atoms with E-state index in [4.69, 9.17) is 21.1 Å². The quantitative estimate of drug-likeness (QED) is 0.763. The second-order valence-electron chi connectivity index (χ2n) is 5.80. The fourth-order valence-electron chi connectivity index (χ4n) is 2.75. The first-order valence-electron chi connectivity index (χ1n) is 8.17. The van der Waals surface area contributed by atoms with E-state index in [0.717, 1.165) is 5.56 Å². The van der Waals surface area contributed by atoms with Crippen LogP contribution in [0.15, 0.2) is 54.7 Å². The number of carbonyl (C=O) groups is 1. The largest absolute Gasteiger partial charge is 0.486 e. The molecular weight excluding hydrogens is 354 g/mol. The molecule has 1 aromatic heterocycles. The van der Waals surface area contributed by atoms with E-state index in [1.807, 2.05) is 30.3 Å². The second kappa shape index (κ2) is 7.09. The summed E-state index contributed by atoms with van der Waals surface area (Å²) in [5, 5.41) is 7.50. The zero-order chi connectivity index (χ0) is 17.9. The van der Waals surface area contributed by atoms with Crippen LogP contribution in [-0.4, -0.2) is 28.9 Å². The predicted molar refractivity (Wildman–Crippen MR) is 98.2 cm³/mol. The molecule has 0 saturated heterocycles. The molecule has 0 spiro atoms. The Labute approximate surface area is 155 Å². The molecule has 0 bridgehead atoms. The van der Waals surface area contributed by atoms with Gasteiger partial charge in [0.2, 0.25) is 0 Å². The van der Waals surface area contributed by atoms with Crippen LogP contribution in [-0.2, 0) is 6.54 Å². The number of nitrogens with zero attached hydrogens (tertiary/aromatic N) is 2. The Morgan fingerprint density at radius 1 is 1.15 bits per heavy atom. The van der Waals surface area contributed by atoms with Gasteiger partial charge in [-0.3, -0.25) is 4.79 Å². The van der Waals surface area contributed by atoms with E-state index in [2.05, 4.69) is 10.4 Å². The molecule has 0 aliphatic carbocycles. The lowest BCUT2D eigenvalue weighted by molar-refractivity contribution is 0.102. The number of ether oxygens (including phenoxy) is 2. The Bertz CT molecular complexity index is 940. The van der Waals surface area contributed by atoms with Crippen LogP contribution in [0.2, 0.25) is 5.02 Å². The van der Waals surface area contributed by atoms with Gasteiger partial charge in [-0.1, -0.05) is 41.9 Å². The molecule has 6 nitrogen and oxygen atoms in total. The van der Waals surface area contributed by atoms with Crippen LogP contribution in [0, 0.1) is 0 Å². The number of aromatic nitrogens is 2. The Morgan fingerprint density at radius 2 is 1.96 bits per heavy atom. The van der Waals surface area contributed by atoms with Gasteiger partial charge in [-0.2, -0.15) is 5.10 Å². The molecule has 132 valence electrons. The van der Waals surface area contributed by atoms with Gasteiger partial charge in [-0.15, -0.1) is 0 Å². The summed E-state index contributed by atoms with van der Waals surface area (Å²) in [5.74, 6) is 1.26. The Morgan fingerprint density at radius 3 is 2.81 bits per heavy atom. The molecule has 0 fully saturated rings. The summed E-state index contributed by atoms with van der Waals surface area (Å²) < 4.78 is 12.7. The third-order valence-corrected chi connectivity index (χ3v) is 4.27. The van der Waals surface area contributed by atoms with Crippen molar-refractivity contribution in [2.75, 3.05) is 18.5 Å². The summed E-state index contributed by atoms with van der Waals surface area (Å²) >= 11 is 6.21. The van der Waals surface area contributed by atoms with Crippen LogP contribution in [0.3, 0.4) is 0 Å². The molecule has 7 heteroatoms.